The van der Waals surface area contributed by atoms with Gasteiger partial charge in [0.2, 0.25) is 5.24 Å². The van der Waals surface area contributed by atoms with Crippen molar-refractivity contribution in [2.24, 2.45) is 0 Å². The molecule has 0 aromatic rings. The second kappa shape index (κ2) is 4.53. The zero-order chi connectivity index (χ0) is 8.97. The van der Waals surface area contributed by atoms with Crippen LogP contribution in [0.3, 0.4) is 0 Å². The van der Waals surface area contributed by atoms with E-state index >= 15 is 0 Å². The molecular weight excluding hydrogens is 192 g/mol. The molecule has 0 aliphatic heterocycles. The number of carbonyl (C=O) groups excluding carboxylic acids is 1. The Hall–Kier alpha value is -0.470. The van der Waals surface area contributed by atoms with Crippen LogP contribution in [0.1, 0.15) is 19.3 Å². The minimum atomic E-state index is -0.298. The fourth-order valence-electron chi connectivity index (χ4n) is 1.04. The molecule has 1 rings (SSSR count). The van der Waals surface area contributed by atoms with E-state index in [1.54, 1.807) is 0 Å². The summed E-state index contributed by atoms with van der Waals surface area (Å²) in [4.78, 5) is 11.4. The number of carbonyl (C=O) groups is 1. The van der Waals surface area contributed by atoms with Crippen LogP contribution >= 0.6 is 23.8 Å². The monoisotopic (exact) mass is 200 g/mol. The van der Waals surface area contributed by atoms with Gasteiger partial charge >= 0.3 is 0 Å². The van der Waals surface area contributed by atoms with Gasteiger partial charge in [-0.25, -0.2) is 0 Å². The van der Waals surface area contributed by atoms with Gasteiger partial charge in [-0.3, -0.25) is 4.79 Å². The molecule has 0 spiro atoms. The summed E-state index contributed by atoms with van der Waals surface area (Å²) in [6, 6.07) is 0. The molecule has 0 saturated carbocycles. The van der Waals surface area contributed by atoms with Gasteiger partial charge in [0.1, 0.15) is 0 Å². The Morgan fingerprint density at radius 2 is 2.42 bits per heavy atom. The van der Waals surface area contributed by atoms with Crippen molar-refractivity contribution >= 4 is 33.9 Å². The Labute approximate surface area is 82.1 Å². The molecule has 1 nitrogen and oxygen atoms in total. The van der Waals surface area contributed by atoms with Crippen molar-refractivity contribution in [3.63, 3.8) is 0 Å². The third kappa shape index (κ3) is 2.88. The largest absolute Gasteiger partial charge is 0.281 e. The van der Waals surface area contributed by atoms with Gasteiger partial charge in [0, 0.05) is 17.7 Å². The van der Waals surface area contributed by atoms with E-state index in [-0.39, 0.29) is 5.24 Å². The zero-order valence-corrected chi connectivity index (χ0v) is 8.12. The topological polar surface area (TPSA) is 17.1 Å². The van der Waals surface area contributed by atoms with E-state index in [1.807, 2.05) is 18.2 Å². The van der Waals surface area contributed by atoms with Crippen LogP contribution < -0.4 is 0 Å². The van der Waals surface area contributed by atoms with Crippen molar-refractivity contribution < 1.29 is 4.79 Å². The van der Waals surface area contributed by atoms with E-state index in [9.17, 15) is 4.79 Å². The number of rotatable bonds is 3. The van der Waals surface area contributed by atoms with E-state index in [2.05, 4.69) is 0 Å². The Morgan fingerprint density at radius 3 is 3.00 bits per heavy atom. The molecule has 0 atom stereocenters. The van der Waals surface area contributed by atoms with Crippen LogP contribution in [0.15, 0.2) is 23.8 Å². The van der Waals surface area contributed by atoms with Gasteiger partial charge in [0.15, 0.2) is 0 Å². The molecule has 0 saturated heterocycles. The lowest BCUT2D eigenvalue weighted by Gasteiger charge is -2.08. The zero-order valence-electron chi connectivity index (χ0n) is 6.55. The molecule has 0 radical (unpaired) electrons. The number of halogens is 1. The molecule has 0 bridgehead atoms. The van der Waals surface area contributed by atoms with E-state index in [0.717, 1.165) is 16.9 Å². The predicted molar refractivity (Wildman–Crippen MR) is 54.5 cm³/mol. The molecule has 0 N–H and O–H groups in total. The fourth-order valence-corrected chi connectivity index (χ4v) is 1.40. The van der Waals surface area contributed by atoms with Crippen LogP contribution in [0.25, 0.3) is 0 Å². The van der Waals surface area contributed by atoms with Gasteiger partial charge in [-0.1, -0.05) is 30.4 Å². The lowest BCUT2D eigenvalue weighted by atomic mass is 10.0. The maximum atomic E-state index is 10.5. The van der Waals surface area contributed by atoms with Crippen molar-refractivity contribution in [1.29, 1.82) is 0 Å². The first-order chi connectivity index (χ1) is 5.70. The van der Waals surface area contributed by atoms with Gasteiger partial charge in [-0.2, -0.15) is 0 Å². The first-order valence-corrected chi connectivity index (χ1v) is 4.56. The summed E-state index contributed by atoms with van der Waals surface area (Å²) >= 11 is 10.3. The predicted octanol–water partition coefficient (Wildman–Crippen LogP) is 2.79. The van der Waals surface area contributed by atoms with Crippen LogP contribution in [-0.4, -0.2) is 10.1 Å². The number of hydrogen-bond acceptors (Lipinski definition) is 2. The normalized spacial score (nSPS) is 16.1. The summed E-state index contributed by atoms with van der Waals surface area (Å²) in [6.45, 7) is 0. The molecule has 0 aromatic carbocycles. The Kier molecular flexibility index (Phi) is 3.63. The maximum Gasteiger partial charge on any atom is 0.221 e. The van der Waals surface area contributed by atoms with Crippen molar-refractivity contribution in [3.8, 4) is 0 Å². The molecule has 0 aromatic heterocycles. The number of allylic oxidation sites excluding steroid dienone is 4. The average molecular weight is 201 g/mol. The summed E-state index contributed by atoms with van der Waals surface area (Å²) < 4.78 is 0. The molecule has 12 heavy (non-hydrogen) atoms. The standard InChI is InChI=1S/C9H9ClOS/c10-9(11)6-5-7-3-1-2-4-8(7)12/h1-3H,4-6H2. The lowest BCUT2D eigenvalue weighted by molar-refractivity contribution is -0.111. The molecule has 1 aliphatic carbocycles. The Morgan fingerprint density at radius 1 is 1.67 bits per heavy atom. The minimum absolute atomic E-state index is 0.298. The van der Waals surface area contributed by atoms with Gasteiger partial charge in [-0.15, -0.1) is 0 Å². The summed E-state index contributed by atoms with van der Waals surface area (Å²) in [5.41, 5.74) is 1.07. The molecule has 1 aliphatic rings. The van der Waals surface area contributed by atoms with Gasteiger partial charge < -0.3 is 0 Å². The van der Waals surface area contributed by atoms with Crippen LogP contribution in [0.5, 0.6) is 0 Å². The highest BCUT2D eigenvalue weighted by atomic mass is 35.5. The molecule has 0 fully saturated rings. The molecular formula is C9H9ClOS. The van der Waals surface area contributed by atoms with Crippen LogP contribution in [-0.2, 0) is 4.79 Å². The summed E-state index contributed by atoms with van der Waals surface area (Å²) in [6.07, 6.45) is 7.79. The van der Waals surface area contributed by atoms with Gasteiger partial charge in [0.25, 0.3) is 0 Å². The highest BCUT2D eigenvalue weighted by Gasteiger charge is 2.07. The molecule has 3 heteroatoms. The van der Waals surface area contributed by atoms with Gasteiger partial charge in [0.05, 0.1) is 0 Å². The Bertz CT molecular complexity index is 266. The molecule has 64 valence electrons. The Balaban J connectivity index is 2.50. The number of thiocarbonyl (C=S) groups is 1. The van der Waals surface area contributed by atoms with Crippen LogP contribution in [0.2, 0.25) is 0 Å². The lowest BCUT2D eigenvalue weighted by Crippen LogP contribution is -2.02. The third-order valence-electron chi connectivity index (χ3n) is 1.69. The summed E-state index contributed by atoms with van der Waals surface area (Å²) in [7, 11) is 0. The minimum Gasteiger partial charge on any atom is -0.281 e. The highest BCUT2D eigenvalue weighted by Crippen LogP contribution is 2.15. The van der Waals surface area contributed by atoms with E-state index in [0.29, 0.717) is 12.8 Å². The van der Waals surface area contributed by atoms with Crippen LogP contribution in [0, 0.1) is 0 Å². The third-order valence-corrected chi connectivity index (χ3v) is 2.30. The molecule has 0 unspecified atom stereocenters. The average Bonchev–Trinajstić information content (AvgIpc) is 2.03. The molecule has 0 heterocycles. The van der Waals surface area contributed by atoms with E-state index in [4.69, 9.17) is 23.8 Å². The highest BCUT2D eigenvalue weighted by molar-refractivity contribution is 7.80. The second-order valence-electron chi connectivity index (χ2n) is 2.60. The van der Waals surface area contributed by atoms with E-state index < -0.39 is 0 Å². The van der Waals surface area contributed by atoms with Gasteiger partial charge in [-0.05, 0) is 23.6 Å². The van der Waals surface area contributed by atoms with Crippen molar-refractivity contribution in [1.82, 2.24) is 0 Å². The maximum absolute atomic E-state index is 10.5. The first kappa shape index (κ1) is 9.62. The summed E-state index contributed by atoms with van der Waals surface area (Å²) in [5.74, 6) is 0. The van der Waals surface area contributed by atoms with Crippen molar-refractivity contribution in [2.75, 3.05) is 0 Å². The second-order valence-corrected chi connectivity index (χ2v) is 3.52. The smallest absolute Gasteiger partial charge is 0.221 e. The van der Waals surface area contributed by atoms with Crippen LogP contribution in [0.4, 0.5) is 0 Å². The first-order valence-electron chi connectivity index (χ1n) is 3.77. The SMILES string of the molecule is O=C(Cl)CCC1=CC=CCC1=S. The summed E-state index contributed by atoms with van der Waals surface area (Å²) in [5, 5.41) is -0.298. The van der Waals surface area contributed by atoms with Crippen molar-refractivity contribution in [3.05, 3.63) is 23.8 Å². The quantitative estimate of drug-likeness (QED) is 0.515. The number of hydrogen-bond donors (Lipinski definition) is 0. The van der Waals surface area contributed by atoms with Crippen molar-refractivity contribution in [2.45, 2.75) is 19.3 Å². The molecule has 0 amide bonds. The fraction of sp³-hybridized carbons (Fsp3) is 0.333. The van der Waals surface area contributed by atoms with E-state index in [1.165, 1.54) is 0 Å².